The first-order chi connectivity index (χ1) is 6.50. The Morgan fingerprint density at radius 1 is 1.43 bits per heavy atom. The van der Waals surface area contributed by atoms with Gasteiger partial charge in [0, 0.05) is 9.85 Å². The van der Waals surface area contributed by atoms with E-state index in [2.05, 4.69) is 15.9 Å². The Kier molecular flexibility index (Phi) is 4.39. The Hall–Kier alpha value is -0.0800. The molecule has 2 atom stereocenters. The van der Waals surface area contributed by atoms with Crippen molar-refractivity contribution in [3.05, 3.63) is 34.1 Å². The van der Waals surface area contributed by atoms with Crippen LogP contribution in [0.1, 0.15) is 19.4 Å². The maximum absolute atomic E-state index is 13.4. The van der Waals surface area contributed by atoms with Gasteiger partial charge < -0.3 is 0 Å². The van der Waals surface area contributed by atoms with Crippen LogP contribution in [0.3, 0.4) is 0 Å². The Morgan fingerprint density at radius 2 is 2.07 bits per heavy atom. The van der Waals surface area contributed by atoms with Gasteiger partial charge in [-0.1, -0.05) is 28.9 Å². The molecule has 0 bridgehead atoms. The summed E-state index contributed by atoms with van der Waals surface area (Å²) in [6, 6.07) is 5.14. The van der Waals surface area contributed by atoms with Crippen LogP contribution in [-0.4, -0.2) is 5.38 Å². The summed E-state index contributed by atoms with van der Waals surface area (Å²) in [6.45, 7) is 3.96. The van der Waals surface area contributed by atoms with Gasteiger partial charge in [0.1, 0.15) is 5.82 Å². The molecule has 0 radical (unpaired) electrons. The van der Waals surface area contributed by atoms with Gasteiger partial charge in [-0.3, -0.25) is 0 Å². The molecule has 2 unspecified atom stereocenters. The van der Waals surface area contributed by atoms with E-state index in [1.54, 1.807) is 6.07 Å². The zero-order chi connectivity index (χ0) is 10.7. The third-order valence-electron chi connectivity index (χ3n) is 2.34. The SMILES string of the molecule is CC(Cl)C(C)Cc1ccc(Br)cc1F. The van der Waals surface area contributed by atoms with E-state index in [1.807, 2.05) is 19.9 Å². The van der Waals surface area contributed by atoms with Crippen molar-refractivity contribution in [2.75, 3.05) is 0 Å². The van der Waals surface area contributed by atoms with Crippen molar-refractivity contribution in [3.8, 4) is 0 Å². The minimum Gasteiger partial charge on any atom is -0.207 e. The molecule has 0 saturated carbocycles. The molecule has 0 fully saturated rings. The van der Waals surface area contributed by atoms with Crippen LogP contribution in [0.5, 0.6) is 0 Å². The van der Waals surface area contributed by atoms with Crippen LogP contribution in [0.4, 0.5) is 4.39 Å². The Bertz CT molecular complexity index is 312. The first-order valence-corrected chi connectivity index (χ1v) is 5.81. The smallest absolute Gasteiger partial charge is 0.127 e. The van der Waals surface area contributed by atoms with Gasteiger partial charge in [0.25, 0.3) is 0 Å². The van der Waals surface area contributed by atoms with Gasteiger partial charge in [0.15, 0.2) is 0 Å². The molecule has 0 spiro atoms. The second-order valence-electron chi connectivity index (χ2n) is 3.59. The lowest BCUT2D eigenvalue weighted by Crippen LogP contribution is -2.11. The summed E-state index contributed by atoms with van der Waals surface area (Å²) in [6.07, 6.45) is 0.684. The molecular formula is C11H13BrClF. The lowest BCUT2D eigenvalue weighted by molar-refractivity contribution is 0.536. The van der Waals surface area contributed by atoms with E-state index in [0.717, 1.165) is 10.0 Å². The molecule has 0 N–H and O–H groups in total. The van der Waals surface area contributed by atoms with Crippen LogP contribution in [0.25, 0.3) is 0 Å². The van der Waals surface area contributed by atoms with Gasteiger partial charge in [-0.25, -0.2) is 4.39 Å². The minimum absolute atomic E-state index is 0.0676. The van der Waals surface area contributed by atoms with Crippen LogP contribution < -0.4 is 0 Å². The van der Waals surface area contributed by atoms with Crippen molar-refractivity contribution in [1.82, 2.24) is 0 Å². The number of hydrogen-bond donors (Lipinski definition) is 0. The molecule has 0 aliphatic heterocycles. The molecule has 1 aromatic rings. The fourth-order valence-corrected chi connectivity index (χ4v) is 1.62. The molecule has 1 rings (SSSR count). The number of alkyl halides is 1. The van der Waals surface area contributed by atoms with E-state index in [9.17, 15) is 4.39 Å². The normalized spacial score (nSPS) is 15.2. The molecule has 0 amide bonds. The van der Waals surface area contributed by atoms with Gasteiger partial charge in [-0.2, -0.15) is 0 Å². The van der Waals surface area contributed by atoms with Crippen LogP contribution in [0.2, 0.25) is 0 Å². The predicted molar refractivity (Wildman–Crippen MR) is 62.3 cm³/mol. The van der Waals surface area contributed by atoms with E-state index < -0.39 is 0 Å². The summed E-state index contributed by atoms with van der Waals surface area (Å²) in [4.78, 5) is 0. The second-order valence-corrected chi connectivity index (χ2v) is 5.20. The molecule has 0 aliphatic rings. The van der Waals surface area contributed by atoms with Gasteiger partial charge >= 0.3 is 0 Å². The molecule has 3 heteroatoms. The number of benzene rings is 1. The Morgan fingerprint density at radius 3 is 2.57 bits per heavy atom. The molecular weight excluding hydrogens is 266 g/mol. The van der Waals surface area contributed by atoms with Crippen LogP contribution in [-0.2, 0) is 6.42 Å². The second kappa shape index (κ2) is 5.13. The van der Waals surface area contributed by atoms with Gasteiger partial charge in [-0.15, -0.1) is 11.6 Å². The molecule has 0 aliphatic carbocycles. The molecule has 14 heavy (non-hydrogen) atoms. The molecule has 78 valence electrons. The van der Waals surface area contributed by atoms with Crippen molar-refractivity contribution in [1.29, 1.82) is 0 Å². The quantitative estimate of drug-likeness (QED) is 0.720. The molecule has 0 nitrogen and oxygen atoms in total. The number of hydrogen-bond acceptors (Lipinski definition) is 0. The summed E-state index contributed by atoms with van der Waals surface area (Å²) in [5.74, 6) is 0.121. The van der Waals surface area contributed by atoms with E-state index in [-0.39, 0.29) is 17.1 Å². The standard InChI is InChI=1S/C11H13BrClF/c1-7(8(2)13)5-9-3-4-10(12)6-11(9)14/h3-4,6-8H,5H2,1-2H3. The lowest BCUT2D eigenvalue weighted by Gasteiger charge is -2.14. The third-order valence-corrected chi connectivity index (χ3v) is 3.26. The monoisotopic (exact) mass is 278 g/mol. The summed E-state index contributed by atoms with van der Waals surface area (Å²) in [5.41, 5.74) is 0.730. The van der Waals surface area contributed by atoms with Gasteiger partial charge in [-0.05, 0) is 37.0 Å². The Labute approximate surface area is 97.6 Å². The molecule has 1 aromatic carbocycles. The van der Waals surface area contributed by atoms with Crippen molar-refractivity contribution in [2.24, 2.45) is 5.92 Å². The average molecular weight is 280 g/mol. The van der Waals surface area contributed by atoms with Gasteiger partial charge in [0.05, 0.1) is 0 Å². The lowest BCUT2D eigenvalue weighted by atomic mass is 9.98. The van der Waals surface area contributed by atoms with E-state index in [1.165, 1.54) is 6.07 Å². The van der Waals surface area contributed by atoms with Crippen LogP contribution >= 0.6 is 27.5 Å². The summed E-state index contributed by atoms with van der Waals surface area (Å²) in [5, 5.41) is 0.0676. The largest absolute Gasteiger partial charge is 0.207 e. The summed E-state index contributed by atoms with van der Waals surface area (Å²) in [7, 11) is 0. The van der Waals surface area contributed by atoms with Crippen molar-refractivity contribution in [2.45, 2.75) is 25.6 Å². The van der Waals surface area contributed by atoms with Crippen molar-refractivity contribution < 1.29 is 4.39 Å². The fourth-order valence-electron chi connectivity index (χ4n) is 1.20. The Balaban J connectivity index is 2.77. The van der Waals surface area contributed by atoms with Crippen molar-refractivity contribution >= 4 is 27.5 Å². The average Bonchev–Trinajstić information content (AvgIpc) is 2.09. The fraction of sp³-hybridized carbons (Fsp3) is 0.455. The summed E-state index contributed by atoms with van der Waals surface area (Å²) < 4.78 is 14.2. The van der Waals surface area contributed by atoms with Crippen LogP contribution in [0, 0.1) is 11.7 Å². The third kappa shape index (κ3) is 3.25. The van der Waals surface area contributed by atoms with E-state index >= 15 is 0 Å². The van der Waals surface area contributed by atoms with E-state index in [0.29, 0.717) is 6.42 Å². The first-order valence-electron chi connectivity index (χ1n) is 4.58. The molecule has 0 heterocycles. The zero-order valence-electron chi connectivity index (χ0n) is 8.23. The predicted octanol–water partition coefficient (Wildman–Crippen LogP) is 4.39. The highest BCUT2D eigenvalue weighted by Gasteiger charge is 2.12. The highest BCUT2D eigenvalue weighted by atomic mass is 79.9. The van der Waals surface area contributed by atoms with Gasteiger partial charge in [0.2, 0.25) is 0 Å². The van der Waals surface area contributed by atoms with E-state index in [4.69, 9.17) is 11.6 Å². The number of halogens is 3. The highest BCUT2D eigenvalue weighted by Crippen LogP contribution is 2.21. The zero-order valence-corrected chi connectivity index (χ0v) is 10.6. The maximum atomic E-state index is 13.4. The molecule has 0 aromatic heterocycles. The number of rotatable bonds is 3. The first kappa shape index (κ1) is 12.0. The molecule has 0 saturated heterocycles. The van der Waals surface area contributed by atoms with Crippen molar-refractivity contribution in [3.63, 3.8) is 0 Å². The summed E-state index contributed by atoms with van der Waals surface area (Å²) >= 11 is 9.16. The topological polar surface area (TPSA) is 0 Å². The maximum Gasteiger partial charge on any atom is 0.127 e. The highest BCUT2D eigenvalue weighted by molar-refractivity contribution is 9.10. The van der Waals surface area contributed by atoms with Crippen LogP contribution in [0.15, 0.2) is 22.7 Å². The minimum atomic E-state index is -0.163.